The van der Waals surface area contributed by atoms with Crippen molar-refractivity contribution in [3.8, 4) is 11.6 Å². The molecule has 0 saturated carbocycles. The fourth-order valence-corrected chi connectivity index (χ4v) is 2.77. The zero-order valence-electron chi connectivity index (χ0n) is 15.5. The van der Waals surface area contributed by atoms with Crippen molar-refractivity contribution in [2.75, 3.05) is 6.61 Å². The van der Waals surface area contributed by atoms with Gasteiger partial charge in [0.2, 0.25) is 0 Å². The Balaban J connectivity index is 1.55. The number of carboxylic acid groups (broad SMARTS) is 1. The lowest BCUT2D eigenvalue weighted by Crippen LogP contribution is -2.24. The van der Waals surface area contributed by atoms with Crippen LogP contribution in [0.3, 0.4) is 0 Å². The molecule has 0 aliphatic carbocycles. The van der Waals surface area contributed by atoms with E-state index in [2.05, 4.69) is 10.4 Å². The minimum absolute atomic E-state index is 0.0868. The number of aryl methyl sites for hydroxylation is 1. The Morgan fingerprint density at radius 2 is 1.89 bits per heavy atom. The monoisotopic (exact) mass is 382 g/mol. The fraction of sp³-hybridized carbons (Fsp3) is 0.250. The number of nitrogens with one attached hydrogen (secondary N) is 1. The summed E-state index contributed by atoms with van der Waals surface area (Å²) in [6.45, 7) is 0.726. The second-order valence-electron chi connectivity index (χ2n) is 6.27. The average molecular weight is 382 g/mol. The molecule has 28 heavy (non-hydrogen) atoms. The minimum atomic E-state index is -0.830. The molecule has 0 aliphatic heterocycles. The molecule has 2 N–H and O–H groups in total. The number of benzene rings is 1. The molecule has 0 spiro atoms. The smallest absolute Gasteiger partial charge is 0.303 e. The van der Waals surface area contributed by atoms with E-state index in [4.69, 9.17) is 9.84 Å². The highest BCUT2D eigenvalue weighted by atomic mass is 16.5. The molecule has 2 heterocycles. The molecule has 3 aromatic rings. The summed E-state index contributed by atoms with van der Waals surface area (Å²) in [4.78, 5) is 23.1. The second kappa shape index (κ2) is 8.90. The standard InChI is InChI=1S/C20H22N4O4/c1-23-20(24-10-2-3-11-24)17(14-22-23)19(27)21-13-15-6-8-16(9-7-15)28-12-4-5-18(25)26/h2-3,6-11,14H,4-5,12-13H2,1H3,(H,21,27)(H,25,26). The predicted molar refractivity (Wildman–Crippen MR) is 103 cm³/mol. The zero-order valence-corrected chi connectivity index (χ0v) is 15.5. The van der Waals surface area contributed by atoms with Crippen molar-refractivity contribution in [1.29, 1.82) is 0 Å². The number of rotatable bonds is 9. The summed E-state index contributed by atoms with van der Waals surface area (Å²) in [5, 5.41) is 15.7. The molecule has 0 radical (unpaired) electrons. The lowest BCUT2D eigenvalue weighted by Gasteiger charge is -2.09. The van der Waals surface area contributed by atoms with Gasteiger partial charge in [0.15, 0.2) is 0 Å². The van der Waals surface area contributed by atoms with Crippen LogP contribution in [0.2, 0.25) is 0 Å². The Hall–Kier alpha value is -3.55. The predicted octanol–water partition coefficient (Wildman–Crippen LogP) is 2.38. The summed E-state index contributed by atoms with van der Waals surface area (Å²) in [6.07, 6.45) is 5.83. The first kappa shape index (κ1) is 19.2. The van der Waals surface area contributed by atoms with Crippen LogP contribution >= 0.6 is 0 Å². The highest BCUT2D eigenvalue weighted by molar-refractivity contribution is 5.97. The third-order valence-corrected chi connectivity index (χ3v) is 4.18. The Labute approximate surface area is 162 Å². The molecule has 8 heteroatoms. The highest BCUT2D eigenvalue weighted by Crippen LogP contribution is 2.15. The number of carbonyl (C=O) groups is 2. The van der Waals surface area contributed by atoms with Gasteiger partial charge in [-0.2, -0.15) is 5.10 Å². The van der Waals surface area contributed by atoms with Crippen LogP contribution in [0.15, 0.2) is 55.0 Å². The maximum atomic E-state index is 12.6. The third-order valence-electron chi connectivity index (χ3n) is 4.18. The molecule has 3 rings (SSSR count). The number of amides is 1. The molecule has 0 aliphatic rings. The van der Waals surface area contributed by atoms with Crippen molar-refractivity contribution in [2.45, 2.75) is 19.4 Å². The Morgan fingerprint density at radius 3 is 2.57 bits per heavy atom. The van der Waals surface area contributed by atoms with Crippen LogP contribution in [0, 0.1) is 0 Å². The van der Waals surface area contributed by atoms with Crippen LogP contribution in [-0.2, 0) is 18.4 Å². The van der Waals surface area contributed by atoms with Gasteiger partial charge in [-0.25, -0.2) is 0 Å². The van der Waals surface area contributed by atoms with Crippen molar-refractivity contribution >= 4 is 11.9 Å². The fourth-order valence-electron chi connectivity index (χ4n) is 2.77. The van der Waals surface area contributed by atoms with Crippen LogP contribution in [-0.4, -0.2) is 37.9 Å². The van der Waals surface area contributed by atoms with E-state index in [0.717, 1.165) is 5.56 Å². The number of aromatic nitrogens is 3. The van der Waals surface area contributed by atoms with Gasteiger partial charge < -0.3 is 19.7 Å². The van der Waals surface area contributed by atoms with E-state index >= 15 is 0 Å². The van der Waals surface area contributed by atoms with Crippen LogP contribution < -0.4 is 10.1 Å². The molecule has 0 saturated heterocycles. The van der Waals surface area contributed by atoms with Gasteiger partial charge in [-0.3, -0.25) is 14.3 Å². The molecule has 1 amide bonds. The first-order valence-corrected chi connectivity index (χ1v) is 8.91. The molecule has 2 aromatic heterocycles. The van der Waals surface area contributed by atoms with Crippen LogP contribution in [0.1, 0.15) is 28.8 Å². The first-order chi connectivity index (χ1) is 13.5. The van der Waals surface area contributed by atoms with Crippen LogP contribution in [0.5, 0.6) is 5.75 Å². The third kappa shape index (κ3) is 4.79. The van der Waals surface area contributed by atoms with Gasteiger partial charge in [0.05, 0.1) is 12.8 Å². The minimum Gasteiger partial charge on any atom is -0.494 e. The molecular formula is C20H22N4O4. The number of hydrogen-bond donors (Lipinski definition) is 2. The van der Waals surface area contributed by atoms with Gasteiger partial charge in [0.25, 0.3) is 5.91 Å². The summed E-state index contributed by atoms with van der Waals surface area (Å²) < 4.78 is 9.01. The summed E-state index contributed by atoms with van der Waals surface area (Å²) in [6, 6.07) is 11.1. The molecule has 146 valence electrons. The SMILES string of the molecule is Cn1ncc(C(=O)NCc2ccc(OCCCC(=O)O)cc2)c1-n1cccc1. The Bertz CT molecular complexity index is 930. The number of hydrogen-bond acceptors (Lipinski definition) is 4. The molecule has 0 unspecified atom stereocenters. The molecule has 0 atom stereocenters. The molecule has 8 nitrogen and oxygen atoms in total. The van der Waals surface area contributed by atoms with Gasteiger partial charge in [-0.1, -0.05) is 12.1 Å². The molecule has 1 aromatic carbocycles. The van der Waals surface area contributed by atoms with Gasteiger partial charge in [0, 0.05) is 32.4 Å². The summed E-state index contributed by atoms with van der Waals surface area (Å²) in [5.74, 6) is 0.337. The summed E-state index contributed by atoms with van der Waals surface area (Å²) in [7, 11) is 1.79. The zero-order chi connectivity index (χ0) is 19.9. The number of carbonyl (C=O) groups excluding carboxylic acids is 1. The average Bonchev–Trinajstić information content (AvgIpc) is 3.33. The number of nitrogens with zero attached hydrogens (tertiary/aromatic N) is 3. The van der Waals surface area contributed by atoms with Crippen molar-refractivity contribution < 1.29 is 19.4 Å². The van der Waals surface area contributed by atoms with E-state index < -0.39 is 5.97 Å². The van der Waals surface area contributed by atoms with Crippen molar-refractivity contribution in [2.24, 2.45) is 7.05 Å². The Morgan fingerprint density at radius 1 is 1.18 bits per heavy atom. The number of aliphatic carboxylic acids is 1. The topological polar surface area (TPSA) is 98.4 Å². The quantitative estimate of drug-likeness (QED) is 0.554. The Kier molecular flexibility index (Phi) is 6.11. The maximum Gasteiger partial charge on any atom is 0.303 e. The van der Waals surface area contributed by atoms with E-state index in [0.29, 0.717) is 36.7 Å². The lowest BCUT2D eigenvalue weighted by atomic mass is 10.2. The normalized spacial score (nSPS) is 10.6. The van der Waals surface area contributed by atoms with E-state index in [1.165, 1.54) is 0 Å². The summed E-state index contributed by atoms with van der Waals surface area (Å²) >= 11 is 0. The summed E-state index contributed by atoms with van der Waals surface area (Å²) in [5.41, 5.74) is 1.43. The first-order valence-electron chi connectivity index (χ1n) is 8.91. The second-order valence-corrected chi connectivity index (χ2v) is 6.27. The van der Waals surface area contributed by atoms with Gasteiger partial charge in [-0.15, -0.1) is 0 Å². The van der Waals surface area contributed by atoms with Gasteiger partial charge in [-0.05, 0) is 36.2 Å². The highest BCUT2D eigenvalue weighted by Gasteiger charge is 2.17. The lowest BCUT2D eigenvalue weighted by molar-refractivity contribution is -0.137. The molecule has 0 bridgehead atoms. The van der Waals surface area contributed by atoms with E-state index in [1.54, 1.807) is 30.1 Å². The van der Waals surface area contributed by atoms with Gasteiger partial charge in [0.1, 0.15) is 17.1 Å². The van der Waals surface area contributed by atoms with Crippen LogP contribution in [0.25, 0.3) is 5.82 Å². The number of ether oxygens (including phenoxy) is 1. The molecular weight excluding hydrogens is 360 g/mol. The maximum absolute atomic E-state index is 12.6. The molecule has 0 fully saturated rings. The van der Waals surface area contributed by atoms with Crippen LogP contribution in [0.4, 0.5) is 0 Å². The van der Waals surface area contributed by atoms with Crippen molar-refractivity contribution in [1.82, 2.24) is 19.7 Å². The van der Waals surface area contributed by atoms with Crippen molar-refractivity contribution in [3.05, 3.63) is 66.1 Å². The largest absolute Gasteiger partial charge is 0.494 e. The van der Waals surface area contributed by atoms with Gasteiger partial charge >= 0.3 is 5.97 Å². The van der Waals surface area contributed by atoms with Crippen molar-refractivity contribution in [3.63, 3.8) is 0 Å². The number of carboxylic acids is 1. The van der Waals surface area contributed by atoms with E-state index in [-0.39, 0.29) is 12.3 Å². The van der Waals surface area contributed by atoms with E-state index in [9.17, 15) is 9.59 Å². The van der Waals surface area contributed by atoms with E-state index in [1.807, 2.05) is 41.2 Å².